The van der Waals surface area contributed by atoms with E-state index in [1.54, 1.807) is 6.07 Å². The summed E-state index contributed by atoms with van der Waals surface area (Å²) in [4.78, 5) is 18.6. The van der Waals surface area contributed by atoms with Crippen molar-refractivity contribution in [3.8, 4) is 0 Å². The van der Waals surface area contributed by atoms with Crippen LogP contribution in [0.5, 0.6) is 0 Å². The number of aromatic nitrogens is 2. The molecule has 1 aliphatic rings. The summed E-state index contributed by atoms with van der Waals surface area (Å²) in [6, 6.07) is 2.18. The van der Waals surface area contributed by atoms with Crippen molar-refractivity contribution in [2.75, 3.05) is 13.2 Å². The minimum absolute atomic E-state index is 0.0842. The van der Waals surface area contributed by atoms with E-state index < -0.39 is 0 Å². The first-order valence-electron chi connectivity index (χ1n) is 6.18. The van der Waals surface area contributed by atoms with E-state index in [0.29, 0.717) is 38.0 Å². The molecule has 0 atom stereocenters. The number of aromatic amines is 1. The van der Waals surface area contributed by atoms with E-state index in [1.165, 1.54) is 12.8 Å². The molecule has 5 nitrogen and oxygen atoms in total. The molecule has 0 spiro atoms. The highest BCUT2D eigenvalue weighted by atomic mass is 16.5. The molecule has 17 heavy (non-hydrogen) atoms. The largest absolute Gasteiger partial charge is 0.381 e. The number of ether oxygens (including phenoxy) is 1. The Hall–Kier alpha value is -1.20. The fourth-order valence-electron chi connectivity index (χ4n) is 1.62. The summed E-state index contributed by atoms with van der Waals surface area (Å²) in [5.74, 6) is 0.707. The van der Waals surface area contributed by atoms with Gasteiger partial charge in [-0.2, -0.15) is 0 Å². The number of nitrogens with one attached hydrogen (secondary N) is 2. The first kappa shape index (κ1) is 12.3. The minimum Gasteiger partial charge on any atom is -0.381 e. The lowest BCUT2D eigenvalue weighted by Gasteiger charge is -2.05. The number of rotatable bonds is 7. The van der Waals surface area contributed by atoms with E-state index >= 15 is 0 Å². The first-order chi connectivity index (χ1) is 8.28. The molecule has 5 heteroatoms. The monoisotopic (exact) mass is 237 g/mol. The van der Waals surface area contributed by atoms with Crippen LogP contribution < -0.4 is 10.9 Å². The molecule has 1 fully saturated rings. The van der Waals surface area contributed by atoms with Gasteiger partial charge in [0, 0.05) is 31.7 Å². The van der Waals surface area contributed by atoms with Crippen LogP contribution in [0.4, 0.5) is 0 Å². The molecule has 94 valence electrons. The van der Waals surface area contributed by atoms with Crippen molar-refractivity contribution in [3.63, 3.8) is 0 Å². The van der Waals surface area contributed by atoms with E-state index in [9.17, 15) is 4.79 Å². The average molecular weight is 237 g/mol. The van der Waals surface area contributed by atoms with Gasteiger partial charge in [0.15, 0.2) is 0 Å². The first-order valence-corrected chi connectivity index (χ1v) is 6.18. The molecule has 0 unspecified atom stereocenters. The molecule has 0 aromatic carbocycles. The van der Waals surface area contributed by atoms with E-state index in [2.05, 4.69) is 15.3 Å². The van der Waals surface area contributed by atoms with Gasteiger partial charge in [0.1, 0.15) is 5.82 Å². The smallest absolute Gasteiger partial charge is 0.251 e. The highest BCUT2D eigenvalue weighted by Crippen LogP contribution is 2.18. The fourth-order valence-corrected chi connectivity index (χ4v) is 1.62. The molecule has 2 N–H and O–H groups in total. The minimum atomic E-state index is -0.0842. The van der Waals surface area contributed by atoms with E-state index in [-0.39, 0.29) is 5.56 Å². The van der Waals surface area contributed by atoms with Crippen molar-refractivity contribution in [3.05, 3.63) is 27.9 Å². The van der Waals surface area contributed by atoms with Crippen molar-refractivity contribution < 1.29 is 4.74 Å². The van der Waals surface area contributed by atoms with E-state index in [4.69, 9.17) is 4.74 Å². The Morgan fingerprint density at radius 1 is 1.59 bits per heavy atom. The van der Waals surface area contributed by atoms with Crippen LogP contribution >= 0.6 is 0 Å². The third kappa shape index (κ3) is 4.28. The number of hydrogen-bond acceptors (Lipinski definition) is 4. The van der Waals surface area contributed by atoms with Gasteiger partial charge in [0.25, 0.3) is 5.56 Å². The second kappa shape index (κ2) is 5.93. The summed E-state index contributed by atoms with van der Waals surface area (Å²) in [7, 11) is 0. The lowest BCUT2D eigenvalue weighted by molar-refractivity contribution is 0.149. The highest BCUT2D eigenvalue weighted by molar-refractivity contribution is 5.03. The van der Waals surface area contributed by atoms with Gasteiger partial charge in [0.2, 0.25) is 0 Å². The van der Waals surface area contributed by atoms with Crippen LogP contribution in [0.2, 0.25) is 0 Å². The zero-order valence-electron chi connectivity index (χ0n) is 10.2. The summed E-state index contributed by atoms with van der Waals surface area (Å²) < 4.78 is 5.25. The van der Waals surface area contributed by atoms with Crippen molar-refractivity contribution in [2.45, 2.75) is 38.8 Å². The summed E-state index contributed by atoms with van der Waals surface area (Å²) in [6.45, 7) is 3.91. The van der Waals surface area contributed by atoms with Gasteiger partial charge in [-0.25, -0.2) is 4.98 Å². The molecule has 0 aliphatic heterocycles. The third-order valence-electron chi connectivity index (χ3n) is 2.68. The summed E-state index contributed by atoms with van der Waals surface area (Å²) in [5.41, 5.74) is 0.728. The zero-order valence-corrected chi connectivity index (χ0v) is 10.2. The molecule has 1 saturated carbocycles. The van der Waals surface area contributed by atoms with Crippen LogP contribution in [0.3, 0.4) is 0 Å². The normalized spacial score (nSPS) is 15.1. The van der Waals surface area contributed by atoms with Gasteiger partial charge in [-0.1, -0.05) is 0 Å². The molecule has 1 aromatic rings. The Labute approximate surface area is 101 Å². The maximum absolute atomic E-state index is 11.4. The van der Waals surface area contributed by atoms with Crippen molar-refractivity contribution in [2.24, 2.45) is 0 Å². The average Bonchev–Trinajstić information content (AvgIpc) is 3.10. The van der Waals surface area contributed by atoms with Crippen LogP contribution in [0.1, 0.15) is 31.3 Å². The van der Waals surface area contributed by atoms with Gasteiger partial charge < -0.3 is 15.0 Å². The molecule has 1 aromatic heterocycles. The molecule has 0 saturated heterocycles. The lowest BCUT2D eigenvalue weighted by Crippen LogP contribution is -2.20. The van der Waals surface area contributed by atoms with Gasteiger partial charge in [-0.15, -0.1) is 0 Å². The number of H-pyrrole nitrogens is 1. The van der Waals surface area contributed by atoms with Crippen molar-refractivity contribution in [1.82, 2.24) is 15.3 Å². The van der Waals surface area contributed by atoms with Crippen LogP contribution in [0.15, 0.2) is 10.9 Å². The van der Waals surface area contributed by atoms with Crippen LogP contribution in [-0.4, -0.2) is 29.2 Å². The second-order valence-electron chi connectivity index (χ2n) is 4.29. The molecule has 1 heterocycles. The number of hydrogen-bond donors (Lipinski definition) is 2. The lowest BCUT2D eigenvalue weighted by atomic mass is 10.3. The van der Waals surface area contributed by atoms with Gasteiger partial charge in [0.05, 0.1) is 12.3 Å². The predicted molar refractivity (Wildman–Crippen MR) is 64.9 cm³/mol. The molecule has 0 bridgehead atoms. The number of nitrogens with zero attached hydrogens (tertiary/aromatic N) is 1. The topological polar surface area (TPSA) is 67.0 Å². The summed E-state index contributed by atoms with van der Waals surface area (Å²) >= 11 is 0. The standard InChI is InChI=1S/C12H19N3O2/c1-2-17-6-5-11-14-10(7-12(16)15-11)8-13-9-3-4-9/h7,9,13H,2-6,8H2,1H3,(H,14,15,16). The van der Waals surface area contributed by atoms with Crippen LogP contribution in [0, 0.1) is 0 Å². The Balaban J connectivity index is 1.92. The summed E-state index contributed by atoms with van der Waals surface area (Å²) in [6.07, 6.45) is 3.13. The summed E-state index contributed by atoms with van der Waals surface area (Å²) in [5, 5.41) is 3.35. The van der Waals surface area contributed by atoms with Gasteiger partial charge in [-0.05, 0) is 19.8 Å². The Morgan fingerprint density at radius 2 is 2.41 bits per heavy atom. The second-order valence-corrected chi connectivity index (χ2v) is 4.29. The van der Waals surface area contributed by atoms with E-state index in [0.717, 1.165) is 5.69 Å². The van der Waals surface area contributed by atoms with Crippen LogP contribution in [0.25, 0.3) is 0 Å². The maximum atomic E-state index is 11.4. The quantitative estimate of drug-likeness (QED) is 0.682. The van der Waals surface area contributed by atoms with Crippen molar-refractivity contribution >= 4 is 0 Å². The molecule has 1 aliphatic carbocycles. The fraction of sp³-hybridized carbons (Fsp3) is 0.667. The molecular weight excluding hydrogens is 218 g/mol. The molecule has 2 rings (SSSR count). The Kier molecular flexibility index (Phi) is 4.28. The third-order valence-corrected chi connectivity index (χ3v) is 2.68. The Morgan fingerprint density at radius 3 is 3.12 bits per heavy atom. The maximum Gasteiger partial charge on any atom is 0.251 e. The molecule has 0 amide bonds. The Bertz CT molecular complexity index is 412. The van der Waals surface area contributed by atoms with Gasteiger partial charge in [-0.3, -0.25) is 4.79 Å². The highest BCUT2D eigenvalue weighted by Gasteiger charge is 2.20. The van der Waals surface area contributed by atoms with Crippen molar-refractivity contribution in [1.29, 1.82) is 0 Å². The molecular formula is C12H19N3O2. The SMILES string of the molecule is CCOCCc1nc(CNC2CC2)cc(=O)[nH]1. The van der Waals surface area contributed by atoms with Crippen LogP contribution in [-0.2, 0) is 17.7 Å². The van der Waals surface area contributed by atoms with Gasteiger partial charge >= 0.3 is 0 Å². The molecule has 0 radical (unpaired) electrons. The van der Waals surface area contributed by atoms with E-state index in [1.807, 2.05) is 6.92 Å². The predicted octanol–water partition coefficient (Wildman–Crippen LogP) is 0.601. The zero-order chi connectivity index (χ0) is 12.1.